The standard InChI is InChI=1S/C46H53FN4O10/c1-8-10-12-16-37(52)58-26-30-22-48-28(3)42(34(30)27-59-38(53)17-13-11-9-2)60-44(55)33-24-51(31-18-19-31)39-32(41(33)54)21-35(47)40(43(39)57-7)49-23-29-15-14-20-50(36(29)25-49)45(56)61-46(4,5)6/h1-2,21-22,24,29,31,36H,10-20,23,25-27H2,3-7H3. The average Bonchev–Trinajstić information content (AvgIpc) is 3.97. The first-order valence-corrected chi connectivity index (χ1v) is 20.7. The number of aryl methyl sites for hydroxylation is 1. The Morgan fingerprint density at radius 1 is 0.967 bits per heavy atom. The number of pyridine rings is 2. The Hall–Kier alpha value is -6.09. The third-order valence-corrected chi connectivity index (χ3v) is 11.1. The number of aromatic nitrogens is 2. The van der Waals surface area contributed by atoms with E-state index in [1.165, 1.54) is 19.5 Å². The van der Waals surface area contributed by atoms with Gasteiger partial charge < -0.3 is 38.1 Å². The number of benzene rings is 1. The molecule has 3 aliphatic rings. The number of rotatable bonds is 15. The monoisotopic (exact) mass is 840 g/mol. The van der Waals surface area contributed by atoms with Crippen LogP contribution in [0.2, 0.25) is 0 Å². The molecule has 0 radical (unpaired) electrons. The Morgan fingerprint density at radius 3 is 2.26 bits per heavy atom. The molecule has 3 fully saturated rings. The second-order valence-electron chi connectivity index (χ2n) is 16.7. The number of unbranched alkanes of at least 4 members (excludes halogenated alkanes) is 2. The van der Waals surface area contributed by atoms with Crippen LogP contribution in [0.25, 0.3) is 10.9 Å². The number of hydrogen-bond donors (Lipinski definition) is 0. The minimum Gasteiger partial charge on any atom is -0.492 e. The fraction of sp³-hybridized carbons (Fsp3) is 0.522. The van der Waals surface area contributed by atoms with E-state index >= 15 is 4.39 Å². The van der Waals surface area contributed by atoms with Crippen LogP contribution in [0.3, 0.4) is 0 Å². The number of esters is 3. The molecule has 2 aliphatic heterocycles. The molecule has 2 atom stereocenters. The van der Waals surface area contributed by atoms with Gasteiger partial charge >= 0.3 is 24.0 Å². The van der Waals surface area contributed by atoms with E-state index in [-0.39, 0.29) is 83.5 Å². The van der Waals surface area contributed by atoms with Crippen molar-refractivity contribution in [2.24, 2.45) is 5.92 Å². The molecule has 0 bridgehead atoms. The van der Waals surface area contributed by atoms with Gasteiger partial charge in [-0.05, 0) is 78.2 Å². The van der Waals surface area contributed by atoms with Gasteiger partial charge in [-0.25, -0.2) is 14.0 Å². The van der Waals surface area contributed by atoms with E-state index in [9.17, 15) is 24.0 Å². The van der Waals surface area contributed by atoms with E-state index in [1.807, 2.05) is 25.7 Å². The van der Waals surface area contributed by atoms with Crippen LogP contribution in [0.5, 0.6) is 11.5 Å². The summed E-state index contributed by atoms with van der Waals surface area (Å²) in [5.74, 6) is 2.24. The highest BCUT2D eigenvalue weighted by Gasteiger charge is 2.44. The number of amides is 1. The lowest BCUT2D eigenvalue weighted by Gasteiger charge is -2.37. The number of anilines is 1. The van der Waals surface area contributed by atoms with Crippen molar-refractivity contribution in [1.82, 2.24) is 14.5 Å². The van der Waals surface area contributed by atoms with Crippen molar-refractivity contribution in [1.29, 1.82) is 0 Å². The number of methoxy groups -OCH3 is 1. The van der Waals surface area contributed by atoms with Gasteiger partial charge in [-0.3, -0.25) is 19.4 Å². The Bertz CT molecular complexity index is 2330. The lowest BCUT2D eigenvalue weighted by molar-refractivity contribution is -0.146. The van der Waals surface area contributed by atoms with Gasteiger partial charge in [-0.1, -0.05) is 0 Å². The SMILES string of the molecule is C#CCCCC(=O)OCc1cnc(C)c(OC(=O)c2cn(C3CC3)c3c(OC)c(N4CC5CCCN(C(=O)OC(C)(C)C)C5C4)c(F)cc3c2=O)c1COC(=O)CCCC#C. The predicted octanol–water partition coefficient (Wildman–Crippen LogP) is 6.94. The molecule has 2 unspecified atom stereocenters. The summed E-state index contributed by atoms with van der Waals surface area (Å²) < 4.78 is 47.0. The van der Waals surface area contributed by atoms with Gasteiger partial charge in [0.15, 0.2) is 17.3 Å². The quantitative estimate of drug-likeness (QED) is 0.0674. The smallest absolute Gasteiger partial charge is 0.410 e. The Labute approximate surface area is 355 Å². The molecule has 1 saturated carbocycles. The zero-order chi connectivity index (χ0) is 44.0. The van der Waals surface area contributed by atoms with Gasteiger partial charge in [-0.2, -0.15) is 0 Å². The third-order valence-electron chi connectivity index (χ3n) is 11.1. The number of piperidine rings is 1. The van der Waals surface area contributed by atoms with Gasteiger partial charge in [0, 0.05) is 74.9 Å². The third kappa shape index (κ3) is 10.3. The molecular weight excluding hydrogens is 788 g/mol. The van der Waals surface area contributed by atoms with Gasteiger partial charge in [0.25, 0.3) is 0 Å². The van der Waals surface area contributed by atoms with Crippen molar-refractivity contribution in [3.8, 4) is 36.2 Å². The minimum atomic E-state index is -1.05. The van der Waals surface area contributed by atoms with Crippen LogP contribution in [0.1, 0.15) is 118 Å². The summed E-state index contributed by atoms with van der Waals surface area (Å²) in [4.78, 5) is 74.8. The van der Waals surface area contributed by atoms with E-state index in [1.54, 1.807) is 16.4 Å². The second kappa shape index (κ2) is 19.1. The number of carbonyl (C=O) groups is 4. The Balaban J connectivity index is 1.34. The number of halogens is 1. The highest BCUT2D eigenvalue weighted by atomic mass is 19.1. The lowest BCUT2D eigenvalue weighted by Crippen LogP contribution is -2.50. The fourth-order valence-electron chi connectivity index (χ4n) is 7.99. The molecule has 3 aromatic rings. The predicted molar refractivity (Wildman–Crippen MR) is 224 cm³/mol. The average molecular weight is 841 g/mol. The number of terminal acetylenes is 2. The molecule has 324 valence electrons. The number of likely N-dealkylation sites (tertiary alicyclic amines) is 1. The summed E-state index contributed by atoms with van der Waals surface area (Å²) in [6.45, 7) is 7.70. The topological polar surface area (TPSA) is 156 Å². The molecule has 15 heteroatoms. The molecule has 1 aromatic carbocycles. The van der Waals surface area contributed by atoms with Crippen LogP contribution in [0.4, 0.5) is 14.9 Å². The maximum atomic E-state index is 16.6. The molecule has 0 spiro atoms. The first-order valence-electron chi connectivity index (χ1n) is 20.7. The first-order chi connectivity index (χ1) is 29.1. The first kappa shape index (κ1) is 44.5. The molecule has 1 amide bonds. The number of nitrogens with zero attached hydrogens (tertiary/aromatic N) is 4. The van der Waals surface area contributed by atoms with E-state index in [2.05, 4.69) is 16.8 Å². The second-order valence-corrected chi connectivity index (χ2v) is 16.7. The molecule has 0 N–H and O–H groups in total. The highest BCUT2D eigenvalue weighted by Crippen LogP contribution is 2.46. The normalized spacial score (nSPS) is 17.2. The van der Waals surface area contributed by atoms with Gasteiger partial charge in [0.05, 0.1) is 29.7 Å². The van der Waals surface area contributed by atoms with Crippen molar-refractivity contribution >= 4 is 40.6 Å². The summed E-state index contributed by atoms with van der Waals surface area (Å²) in [5, 5.41) is -0.0760. The lowest BCUT2D eigenvalue weighted by atomic mass is 9.92. The number of carbonyl (C=O) groups excluding carboxylic acids is 4. The van der Waals surface area contributed by atoms with Crippen LogP contribution in [0.15, 0.2) is 23.3 Å². The van der Waals surface area contributed by atoms with Crippen LogP contribution < -0.4 is 19.8 Å². The molecule has 6 rings (SSSR count). The molecule has 2 saturated heterocycles. The van der Waals surface area contributed by atoms with Gasteiger partial charge in [0.2, 0.25) is 5.43 Å². The minimum absolute atomic E-state index is 0.0475. The summed E-state index contributed by atoms with van der Waals surface area (Å²) in [6.07, 6.45) is 17.9. The molecular formula is C46H53FN4O10. The van der Waals surface area contributed by atoms with Crippen molar-refractivity contribution < 1.29 is 47.3 Å². The van der Waals surface area contributed by atoms with Crippen LogP contribution >= 0.6 is 0 Å². The number of hydrogen-bond acceptors (Lipinski definition) is 12. The molecule has 4 heterocycles. The van der Waals surface area contributed by atoms with Crippen molar-refractivity contribution in [3.05, 3.63) is 56.9 Å². The molecule has 2 aromatic heterocycles. The summed E-state index contributed by atoms with van der Waals surface area (Å²) in [7, 11) is 1.42. The summed E-state index contributed by atoms with van der Waals surface area (Å²) >= 11 is 0. The fourth-order valence-corrected chi connectivity index (χ4v) is 7.99. The van der Waals surface area contributed by atoms with E-state index in [0.717, 1.165) is 31.7 Å². The largest absolute Gasteiger partial charge is 0.492 e. The van der Waals surface area contributed by atoms with E-state index in [0.29, 0.717) is 56.4 Å². The van der Waals surface area contributed by atoms with Crippen LogP contribution in [0, 0.1) is 43.3 Å². The van der Waals surface area contributed by atoms with Crippen molar-refractivity contribution in [2.45, 2.75) is 123 Å². The Morgan fingerprint density at radius 2 is 1.64 bits per heavy atom. The highest BCUT2D eigenvalue weighted by molar-refractivity contribution is 5.98. The van der Waals surface area contributed by atoms with Gasteiger partial charge in [0.1, 0.15) is 30.1 Å². The summed E-state index contributed by atoms with van der Waals surface area (Å²) in [6, 6.07) is 0.808. The maximum Gasteiger partial charge on any atom is 0.410 e. The zero-order valence-corrected chi connectivity index (χ0v) is 35.5. The van der Waals surface area contributed by atoms with Crippen LogP contribution in [-0.4, -0.2) is 76.8 Å². The van der Waals surface area contributed by atoms with Gasteiger partial charge in [-0.15, -0.1) is 24.7 Å². The Kier molecular flexibility index (Phi) is 13.9. The van der Waals surface area contributed by atoms with Crippen molar-refractivity contribution in [3.63, 3.8) is 0 Å². The zero-order valence-electron chi connectivity index (χ0n) is 35.5. The number of fused-ring (bicyclic) bond motifs is 2. The van der Waals surface area contributed by atoms with Crippen molar-refractivity contribution in [2.75, 3.05) is 31.6 Å². The van der Waals surface area contributed by atoms with Crippen LogP contribution in [-0.2, 0) is 37.0 Å². The molecule has 1 aliphatic carbocycles. The molecule has 61 heavy (non-hydrogen) atoms. The summed E-state index contributed by atoms with van der Waals surface area (Å²) in [5.41, 5.74) is -0.569. The number of ether oxygens (including phenoxy) is 5. The molecule has 14 nitrogen and oxygen atoms in total. The van der Waals surface area contributed by atoms with E-state index < -0.39 is 40.8 Å². The van der Waals surface area contributed by atoms with E-state index in [4.69, 9.17) is 36.5 Å². The maximum absolute atomic E-state index is 16.6.